The number of anilines is 1. The highest BCUT2D eigenvalue weighted by Gasteiger charge is 2.18. The van der Waals surface area contributed by atoms with Crippen molar-refractivity contribution >= 4 is 33.5 Å². The summed E-state index contributed by atoms with van der Waals surface area (Å²) in [6.45, 7) is 5.94. The molecular formula is C25H32N6O2. The smallest absolute Gasteiger partial charge is 0.242 e. The van der Waals surface area contributed by atoms with Gasteiger partial charge in [0.15, 0.2) is 5.65 Å². The Morgan fingerprint density at radius 3 is 2.73 bits per heavy atom. The van der Waals surface area contributed by atoms with Crippen LogP contribution in [0.5, 0.6) is 5.88 Å². The molecule has 33 heavy (non-hydrogen) atoms. The molecule has 0 aliphatic carbocycles. The number of rotatable bonds is 8. The van der Waals surface area contributed by atoms with Crippen LogP contribution >= 0.6 is 0 Å². The lowest BCUT2D eigenvalue weighted by Crippen LogP contribution is -2.17. The number of carbonyl (C=O) groups is 1. The Morgan fingerprint density at radius 1 is 1.21 bits per heavy atom. The van der Waals surface area contributed by atoms with Gasteiger partial charge in [0.25, 0.3) is 0 Å². The number of aromatic nitrogens is 4. The quantitative estimate of drug-likeness (QED) is 0.445. The summed E-state index contributed by atoms with van der Waals surface area (Å²) in [6, 6.07) is 8.16. The Morgan fingerprint density at radius 2 is 2.00 bits per heavy atom. The molecule has 0 saturated heterocycles. The molecule has 0 bridgehead atoms. The third-order valence-corrected chi connectivity index (χ3v) is 6.16. The zero-order valence-corrected chi connectivity index (χ0v) is 20.3. The number of likely N-dealkylation sites (N-methyl/N-ethyl adjacent to an activating group) is 1. The van der Waals surface area contributed by atoms with Crippen LogP contribution in [-0.2, 0) is 24.8 Å². The van der Waals surface area contributed by atoms with Crippen LogP contribution in [0.3, 0.4) is 0 Å². The molecule has 0 aliphatic rings. The predicted molar refractivity (Wildman–Crippen MR) is 132 cm³/mol. The SMILES string of the molecule is COc1nn(C)c2nc(C)c(CCC(=O)Nc3ccc4c(ccn4CCN(C)C)c3)c(C)c12. The number of fused-ring (bicyclic) bond motifs is 2. The van der Waals surface area contributed by atoms with Crippen molar-refractivity contribution in [3.05, 3.63) is 47.3 Å². The predicted octanol–water partition coefficient (Wildman–Crippen LogP) is 3.68. The number of nitrogens with one attached hydrogen (secondary N) is 1. The first-order valence-electron chi connectivity index (χ1n) is 11.2. The number of nitrogens with zero attached hydrogens (tertiary/aromatic N) is 5. The molecule has 174 valence electrons. The highest BCUT2D eigenvalue weighted by Crippen LogP contribution is 2.30. The average molecular weight is 449 g/mol. The Balaban J connectivity index is 1.46. The number of aryl methyl sites for hydroxylation is 3. The van der Waals surface area contributed by atoms with E-state index >= 15 is 0 Å². The van der Waals surface area contributed by atoms with E-state index in [1.54, 1.807) is 11.8 Å². The van der Waals surface area contributed by atoms with Crippen LogP contribution in [-0.4, -0.2) is 57.9 Å². The zero-order chi connectivity index (χ0) is 23.7. The lowest BCUT2D eigenvalue weighted by molar-refractivity contribution is -0.116. The molecule has 0 fully saturated rings. The zero-order valence-electron chi connectivity index (χ0n) is 20.3. The van der Waals surface area contributed by atoms with Gasteiger partial charge >= 0.3 is 0 Å². The normalized spacial score (nSPS) is 11.6. The van der Waals surface area contributed by atoms with Crippen molar-refractivity contribution in [2.75, 3.05) is 33.1 Å². The van der Waals surface area contributed by atoms with Crippen LogP contribution < -0.4 is 10.1 Å². The van der Waals surface area contributed by atoms with Crippen molar-refractivity contribution in [1.29, 1.82) is 0 Å². The maximum atomic E-state index is 12.7. The van der Waals surface area contributed by atoms with Crippen molar-refractivity contribution in [3.63, 3.8) is 0 Å². The van der Waals surface area contributed by atoms with Crippen molar-refractivity contribution in [2.24, 2.45) is 7.05 Å². The van der Waals surface area contributed by atoms with Crippen LogP contribution in [0.15, 0.2) is 30.5 Å². The topological polar surface area (TPSA) is 77.2 Å². The third-order valence-electron chi connectivity index (χ3n) is 6.16. The first-order chi connectivity index (χ1) is 15.8. The Bertz CT molecular complexity index is 1320. The number of hydrogen-bond donors (Lipinski definition) is 1. The van der Waals surface area contributed by atoms with Gasteiger partial charge in [-0.1, -0.05) is 0 Å². The minimum absolute atomic E-state index is 0.0153. The summed E-state index contributed by atoms with van der Waals surface area (Å²) in [6.07, 6.45) is 3.08. The summed E-state index contributed by atoms with van der Waals surface area (Å²) in [7, 11) is 7.62. The molecule has 0 radical (unpaired) electrons. The van der Waals surface area contributed by atoms with Crippen molar-refractivity contribution in [3.8, 4) is 5.88 Å². The van der Waals surface area contributed by atoms with Gasteiger partial charge in [0.05, 0.1) is 12.5 Å². The van der Waals surface area contributed by atoms with E-state index in [9.17, 15) is 4.79 Å². The van der Waals surface area contributed by atoms with Gasteiger partial charge in [0.1, 0.15) is 0 Å². The number of amides is 1. The van der Waals surface area contributed by atoms with E-state index in [0.717, 1.165) is 52.0 Å². The van der Waals surface area contributed by atoms with Gasteiger partial charge in [-0.2, -0.15) is 0 Å². The van der Waals surface area contributed by atoms with E-state index in [-0.39, 0.29) is 5.91 Å². The lowest BCUT2D eigenvalue weighted by Gasteiger charge is -2.12. The molecule has 3 heterocycles. The second kappa shape index (κ2) is 9.23. The molecule has 0 saturated carbocycles. The third kappa shape index (κ3) is 4.57. The van der Waals surface area contributed by atoms with E-state index < -0.39 is 0 Å². The highest BCUT2D eigenvalue weighted by molar-refractivity contribution is 5.94. The Labute approximate surface area is 194 Å². The van der Waals surface area contributed by atoms with Gasteiger partial charge in [-0.15, -0.1) is 5.10 Å². The fourth-order valence-corrected chi connectivity index (χ4v) is 4.35. The fraction of sp³-hybridized carbons (Fsp3) is 0.400. The van der Waals surface area contributed by atoms with E-state index in [0.29, 0.717) is 18.7 Å². The monoisotopic (exact) mass is 448 g/mol. The second-order valence-electron chi connectivity index (χ2n) is 8.77. The minimum atomic E-state index is -0.0153. The molecule has 0 atom stereocenters. The summed E-state index contributed by atoms with van der Waals surface area (Å²) in [4.78, 5) is 19.6. The molecule has 1 aromatic carbocycles. The number of hydrogen-bond acceptors (Lipinski definition) is 5. The number of benzene rings is 1. The molecule has 0 unspecified atom stereocenters. The van der Waals surface area contributed by atoms with Gasteiger partial charge in [0.2, 0.25) is 11.8 Å². The number of pyridine rings is 1. The summed E-state index contributed by atoms with van der Waals surface area (Å²) in [5.74, 6) is 0.549. The highest BCUT2D eigenvalue weighted by atomic mass is 16.5. The van der Waals surface area contributed by atoms with E-state index in [4.69, 9.17) is 9.72 Å². The maximum Gasteiger partial charge on any atom is 0.242 e. The summed E-state index contributed by atoms with van der Waals surface area (Å²) in [5.41, 5.74) is 5.83. The fourth-order valence-electron chi connectivity index (χ4n) is 4.35. The largest absolute Gasteiger partial charge is 0.479 e. The lowest BCUT2D eigenvalue weighted by atomic mass is 10.00. The van der Waals surface area contributed by atoms with E-state index in [1.807, 2.05) is 33.0 Å². The first kappa shape index (κ1) is 22.8. The van der Waals surface area contributed by atoms with Crippen LogP contribution in [0.25, 0.3) is 21.9 Å². The Hall–Kier alpha value is -3.39. The molecule has 1 amide bonds. The van der Waals surface area contributed by atoms with Gasteiger partial charge in [-0.05, 0) is 69.8 Å². The van der Waals surface area contributed by atoms with Crippen LogP contribution in [0, 0.1) is 13.8 Å². The average Bonchev–Trinajstić information content (AvgIpc) is 3.32. The summed E-state index contributed by atoms with van der Waals surface area (Å²) < 4.78 is 9.41. The van der Waals surface area contributed by atoms with Crippen molar-refractivity contribution in [1.82, 2.24) is 24.2 Å². The molecule has 3 aromatic heterocycles. The summed E-state index contributed by atoms with van der Waals surface area (Å²) >= 11 is 0. The van der Waals surface area contributed by atoms with Crippen LogP contribution in [0.2, 0.25) is 0 Å². The van der Waals surface area contributed by atoms with Crippen molar-refractivity contribution < 1.29 is 9.53 Å². The molecular weight excluding hydrogens is 416 g/mol. The van der Waals surface area contributed by atoms with Gasteiger partial charge in [0, 0.05) is 55.0 Å². The van der Waals surface area contributed by atoms with Gasteiger partial charge in [-0.25, -0.2) is 9.67 Å². The van der Waals surface area contributed by atoms with E-state index in [2.05, 4.69) is 52.3 Å². The number of carbonyl (C=O) groups excluding carboxylic acids is 1. The molecule has 1 N–H and O–H groups in total. The number of ether oxygens (including phenoxy) is 1. The maximum absolute atomic E-state index is 12.7. The molecule has 4 aromatic rings. The minimum Gasteiger partial charge on any atom is -0.479 e. The second-order valence-corrected chi connectivity index (χ2v) is 8.77. The first-order valence-corrected chi connectivity index (χ1v) is 11.2. The Kier molecular flexibility index (Phi) is 6.37. The summed E-state index contributed by atoms with van der Waals surface area (Å²) in [5, 5.41) is 9.48. The van der Waals surface area contributed by atoms with Crippen LogP contribution in [0.4, 0.5) is 5.69 Å². The number of methoxy groups -OCH3 is 1. The van der Waals surface area contributed by atoms with Crippen LogP contribution in [0.1, 0.15) is 23.2 Å². The standard InChI is InChI=1S/C25H32N6O2/c1-16-20(17(2)26-24-23(16)25(33-6)28-30(24)5)8-10-22(32)27-19-7-9-21-18(15-19)11-12-31(21)14-13-29(3)4/h7,9,11-12,15H,8,10,13-14H2,1-6H3,(H,27,32). The molecule has 8 heteroatoms. The molecule has 0 spiro atoms. The van der Waals surface area contributed by atoms with Gasteiger partial charge < -0.3 is 19.5 Å². The molecule has 4 rings (SSSR count). The van der Waals surface area contributed by atoms with Crippen molar-refractivity contribution in [2.45, 2.75) is 33.2 Å². The van der Waals surface area contributed by atoms with E-state index in [1.165, 1.54) is 5.52 Å². The van der Waals surface area contributed by atoms with Gasteiger partial charge in [-0.3, -0.25) is 4.79 Å². The molecule has 0 aliphatic heterocycles. The molecule has 8 nitrogen and oxygen atoms in total.